The maximum absolute atomic E-state index is 13.4. The zero-order valence-electron chi connectivity index (χ0n) is 15.9. The number of aromatic nitrogens is 2. The van der Waals surface area contributed by atoms with Crippen molar-refractivity contribution in [3.05, 3.63) is 75.4 Å². The van der Waals surface area contributed by atoms with E-state index in [0.717, 1.165) is 5.69 Å². The highest BCUT2D eigenvalue weighted by Gasteiger charge is 2.27. The van der Waals surface area contributed by atoms with Crippen LogP contribution in [-0.4, -0.2) is 26.5 Å². The first kappa shape index (κ1) is 21.0. The molecule has 1 amide bonds. The molecule has 9 heteroatoms. The fraction of sp³-hybridized carbons (Fsp3) is 0.190. The molecule has 4 rings (SSSR count). The number of hydrogen-bond acceptors (Lipinski definition) is 5. The van der Waals surface area contributed by atoms with Crippen LogP contribution in [-0.2, 0) is 11.2 Å². The molecule has 1 atom stereocenters. The van der Waals surface area contributed by atoms with Gasteiger partial charge in [-0.05, 0) is 48.5 Å². The lowest BCUT2D eigenvalue weighted by Crippen LogP contribution is -2.24. The average molecular weight is 462 g/mol. The van der Waals surface area contributed by atoms with Crippen molar-refractivity contribution in [3.8, 4) is 5.69 Å². The number of benzene rings is 2. The number of nitrogens with one attached hydrogen (secondary N) is 1. The second-order valence-electron chi connectivity index (χ2n) is 6.76. The minimum Gasteiger partial charge on any atom is -0.325 e. The molecule has 5 nitrogen and oxygen atoms in total. The predicted octanol–water partition coefficient (Wildman–Crippen LogP) is 4.79. The zero-order chi connectivity index (χ0) is 21.3. The Bertz CT molecular complexity index is 1150. The Labute approximate surface area is 186 Å². The van der Waals surface area contributed by atoms with Crippen LogP contribution in [0.25, 0.3) is 5.69 Å². The van der Waals surface area contributed by atoms with Crippen LogP contribution >= 0.6 is 35.1 Å². The summed E-state index contributed by atoms with van der Waals surface area (Å²) in [6.45, 7) is 2.04. The van der Waals surface area contributed by atoms with Gasteiger partial charge in [0.15, 0.2) is 5.16 Å². The summed E-state index contributed by atoms with van der Waals surface area (Å²) >= 11 is 8.53. The normalized spacial score (nSPS) is 15.1. The second-order valence-corrected chi connectivity index (χ2v) is 9.59. The summed E-state index contributed by atoms with van der Waals surface area (Å²) in [5.74, 6) is -0.552. The van der Waals surface area contributed by atoms with Gasteiger partial charge in [0, 0.05) is 22.4 Å². The molecule has 1 aliphatic rings. The highest BCUT2D eigenvalue weighted by molar-refractivity contribution is 8.00. The van der Waals surface area contributed by atoms with E-state index < -0.39 is 0 Å². The van der Waals surface area contributed by atoms with Crippen molar-refractivity contribution in [1.82, 2.24) is 9.55 Å². The van der Waals surface area contributed by atoms with Gasteiger partial charge in [-0.1, -0.05) is 30.3 Å². The number of carbonyl (C=O) groups excluding carboxylic acids is 1. The number of anilines is 1. The number of hydrogen-bond donors (Lipinski definition) is 1. The van der Waals surface area contributed by atoms with E-state index in [1.165, 1.54) is 52.4 Å². The SMILES string of the molecule is CC1Cc2nc(SCC(=O)Nc3ccc(Cl)cc3)n(-c3ccc(F)cc3)c(=O)c2S1. The highest BCUT2D eigenvalue weighted by Crippen LogP contribution is 2.34. The monoisotopic (exact) mass is 461 g/mol. The van der Waals surface area contributed by atoms with Crippen LogP contribution < -0.4 is 10.9 Å². The largest absolute Gasteiger partial charge is 0.325 e. The molecule has 0 aliphatic carbocycles. The van der Waals surface area contributed by atoms with Gasteiger partial charge in [-0.3, -0.25) is 14.2 Å². The van der Waals surface area contributed by atoms with E-state index in [9.17, 15) is 14.0 Å². The third-order valence-electron chi connectivity index (χ3n) is 4.43. The van der Waals surface area contributed by atoms with Crippen molar-refractivity contribution in [2.45, 2.75) is 28.6 Å². The Kier molecular flexibility index (Phi) is 6.17. The summed E-state index contributed by atoms with van der Waals surface area (Å²) in [4.78, 5) is 30.8. The second kappa shape index (κ2) is 8.83. The van der Waals surface area contributed by atoms with Crippen LogP contribution in [0.3, 0.4) is 0 Å². The summed E-state index contributed by atoms with van der Waals surface area (Å²) in [5.41, 5.74) is 1.70. The van der Waals surface area contributed by atoms with Gasteiger partial charge in [0.2, 0.25) is 5.91 Å². The molecule has 2 heterocycles. The van der Waals surface area contributed by atoms with Crippen LogP contribution in [0.1, 0.15) is 12.6 Å². The van der Waals surface area contributed by atoms with Gasteiger partial charge >= 0.3 is 0 Å². The minimum absolute atomic E-state index is 0.0672. The quantitative estimate of drug-likeness (QED) is 0.437. The van der Waals surface area contributed by atoms with Crippen molar-refractivity contribution < 1.29 is 9.18 Å². The van der Waals surface area contributed by atoms with Gasteiger partial charge in [0.1, 0.15) is 5.82 Å². The van der Waals surface area contributed by atoms with Crippen LogP contribution in [0.2, 0.25) is 5.02 Å². The molecular formula is C21H17ClFN3O2S2. The summed E-state index contributed by atoms with van der Waals surface area (Å²) in [6, 6.07) is 12.5. The molecular weight excluding hydrogens is 445 g/mol. The molecule has 1 aliphatic heterocycles. The fourth-order valence-corrected chi connectivity index (χ4v) is 5.13. The summed E-state index contributed by atoms with van der Waals surface area (Å²) < 4.78 is 14.8. The summed E-state index contributed by atoms with van der Waals surface area (Å²) in [5, 5.41) is 4.04. The van der Waals surface area contributed by atoms with E-state index in [1.807, 2.05) is 6.92 Å². The number of nitrogens with zero attached hydrogens (tertiary/aromatic N) is 2. The number of carbonyl (C=O) groups is 1. The highest BCUT2D eigenvalue weighted by atomic mass is 35.5. The average Bonchev–Trinajstić information content (AvgIpc) is 3.10. The number of halogens is 2. The van der Waals surface area contributed by atoms with E-state index >= 15 is 0 Å². The maximum atomic E-state index is 13.4. The van der Waals surface area contributed by atoms with Crippen molar-refractivity contribution in [2.24, 2.45) is 0 Å². The summed E-state index contributed by atoms with van der Waals surface area (Å²) in [6.07, 6.45) is 0.698. The zero-order valence-corrected chi connectivity index (χ0v) is 18.3. The molecule has 1 unspecified atom stereocenters. The van der Waals surface area contributed by atoms with Gasteiger partial charge in [0.25, 0.3) is 5.56 Å². The number of fused-ring (bicyclic) bond motifs is 1. The Morgan fingerprint density at radius 3 is 2.67 bits per heavy atom. The molecule has 1 N–H and O–H groups in total. The lowest BCUT2D eigenvalue weighted by molar-refractivity contribution is -0.113. The van der Waals surface area contributed by atoms with Crippen molar-refractivity contribution in [3.63, 3.8) is 0 Å². The topological polar surface area (TPSA) is 64.0 Å². The Morgan fingerprint density at radius 2 is 1.97 bits per heavy atom. The molecule has 0 bridgehead atoms. The third kappa shape index (κ3) is 4.55. The Hall–Kier alpha value is -2.29. The smallest absolute Gasteiger partial charge is 0.272 e. The first-order chi connectivity index (χ1) is 14.4. The molecule has 2 aromatic carbocycles. The van der Waals surface area contributed by atoms with Crippen LogP contribution in [0.5, 0.6) is 0 Å². The van der Waals surface area contributed by atoms with E-state index in [4.69, 9.17) is 11.6 Å². The summed E-state index contributed by atoms with van der Waals surface area (Å²) in [7, 11) is 0. The van der Waals surface area contributed by atoms with Gasteiger partial charge < -0.3 is 5.32 Å². The van der Waals surface area contributed by atoms with E-state index in [2.05, 4.69) is 10.3 Å². The molecule has 154 valence electrons. The van der Waals surface area contributed by atoms with Crippen LogP contribution in [0, 0.1) is 5.82 Å². The fourth-order valence-electron chi connectivity index (χ4n) is 3.08. The van der Waals surface area contributed by atoms with Gasteiger partial charge in [0.05, 0.1) is 22.0 Å². The molecule has 0 spiro atoms. The van der Waals surface area contributed by atoms with Crippen LogP contribution in [0.4, 0.5) is 10.1 Å². The lowest BCUT2D eigenvalue weighted by Gasteiger charge is -2.13. The molecule has 0 saturated carbocycles. The van der Waals surface area contributed by atoms with Gasteiger partial charge in [-0.2, -0.15) is 0 Å². The van der Waals surface area contributed by atoms with Crippen molar-refractivity contribution in [2.75, 3.05) is 11.1 Å². The van der Waals surface area contributed by atoms with Crippen molar-refractivity contribution >= 4 is 46.7 Å². The minimum atomic E-state index is -0.388. The molecule has 0 saturated heterocycles. The molecule has 1 aromatic heterocycles. The van der Waals surface area contributed by atoms with Crippen molar-refractivity contribution in [1.29, 1.82) is 0 Å². The van der Waals surface area contributed by atoms with E-state index in [1.54, 1.807) is 24.3 Å². The van der Waals surface area contributed by atoms with Gasteiger partial charge in [-0.25, -0.2) is 9.37 Å². The van der Waals surface area contributed by atoms with Gasteiger partial charge in [-0.15, -0.1) is 11.8 Å². The molecule has 3 aromatic rings. The van der Waals surface area contributed by atoms with Crippen LogP contribution in [0.15, 0.2) is 63.4 Å². The Morgan fingerprint density at radius 1 is 1.27 bits per heavy atom. The first-order valence-electron chi connectivity index (χ1n) is 9.17. The number of rotatable bonds is 5. The Balaban J connectivity index is 1.61. The number of amides is 1. The standard InChI is InChI=1S/C21H17ClFN3O2S2/c1-12-10-17-19(30-12)20(28)26(16-8-4-14(23)5-9-16)21(25-17)29-11-18(27)24-15-6-2-13(22)3-7-15/h2-9,12H,10-11H2,1H3,(H,24,27). The van der Waals surface area contributed by atoms with E-state index in [0.29, 0.717) is 32.9 Å². The molecule has 0 fully saturated rings. The first-order valence-corrected chi connectivity index (χ1v) is 11.4. The molecule has 30 heavy (non-hydrogen) atoms. The van der Waals surface area contributed by atoms with E-state index in [-0.39, 0.29) is 28.3 Å². The third-order valence-corrected chi connectivity index (χ3v) is 6.83. The predicted molar refractivity (Wildman–Crippen MR) is 120 cm³/mol. The maximum Gasteiger partial charge on any atom is 0.272 e. The number of thioether (sulfide) groups is 2. The lowest BCUT2D eigenvalue weighted by atomic mass is 10.2. The molecule has 0 radical (unpaired) electrons.